The highest BCUT2D eigenvalue weighted by Crippen LogP contribution is 2.03. The van der Waals surface area contributed by atoms with Crippen molar-refractivity contribution in [3.05, 3.63) is 0 Å². The van der Waals surface area contributed by atoms with Crippen LogP contribution in [-0.4, -0.2) is 55.4 Å². The minimum Gasteiger partial charge on any atom is -0.395 e. The molecular weight excluding hydrogens is 196 g/mol. The van der Waals surface area contributed by atoms with Crippen LogP contribution in [0.3, 0.4) is 0 Å². The van der Waals surface area contributed by atoms with E-state index in [-0.39, 0.29) is 18.4 Å². The molecule has 0 rings (SSSR count). The molecule has 0 bridgehead atoms. The fourth-order valence-corrected chi connectivity index (χ4v) is 1.15. The van der Waals surface area contributed by atoms with Gasteiger partial charge >= 0.3 is 0 Å². The van der Waals surface area contributed by atoms with Crippen molar-refractivity contribution in [2.24, 2.45) is 11.7 Å². The molecule has 3 N–H and O–H groups in total. The van der Waals surface area contributed by atoms with Crippen molar-refractivity contribution in [2.45, 2.75) is 19.9 Å². The lowest BCUT2D eigenvalue weighted by atomic mass is 10.0. The number of rotatable bonds is 7. The Balaban J connectivity index is 4.26. The summed E-state index contributed by atoms with van der Waals surface area (Å²) in [7, 11) is 1.57. The van der Waals surface area contributed by atoms with Gasteiger partial charge in [-0.15, -0.1) is 0 Å². The van der Waals surface area contributed by atoms with E-state index >= 15 is 0 Å². The van der Waals surface area contributed by atoms with Crippen LogP contribution >= 0.6 is 0 Å². The number of hydrogen-bond donors (Lipinski definition) is 2. The molecule has 0 fully saturated rings. The van der Waals surface area contributed by atoms with E-state index in [4.69, 9.17) is 15.6 Å². The van der Waals surface area contributed by atoms with Crippen LogP contribution in [0.15, 0.2) is 0 Å². The van der Waals surface area contributed by atoms with Crippen molar-refractivity contribution in [1.82, 2.24) is 4.90 Å². The molecule has 0 aliphatic rings. The third-order valence-electron chi connectivity index (χ3n) is 2.25. The molecule has 90 valence electrons. The van der Waals surface area contributed by atoms with E-state index in [9.17, 15) is 4.79 Å². The van der Waals surface area contributed by atoms with E-state index in [0.717, 1.165) is 0 Å². The number of carbonyl (C=O) groups excluding carboxylic acids is 1. The molecule has 0 heterocycles. The number of aliphatic hydroxyl groups is 1. The average molecular weight is 218 g/mol. The SMILES string of the molecule is COCCN(CCO)C(=O)C(N)C(C)C. The summed E-state index contributed by atoms with van der Waals surface area (Å²) in [4.78, 5) is 13.4. The molecule has 0 aromatic carbocycles. The maximum Gasteiger partial charge on any atom is 0.239 e. The Morgan fingerprint density at radius 1 is 1.47 bits per heavy atom. The summed E-state index contributed by atoms with van der Waals surface area (Å²) in [6.07, 6.45) is 0. The van der Waals surface area contributed by atoms with Crippen LogP contribution in [0, 0.1) is 5.92 Å². The van der Waals surface area contributed by atoms with Gasteiger partial charge in [0.25, 0.3) is 0 Å². The van der Waals surface area contributed by atoms with Crippen LogP contribution < -0.4 is 5.73 Å². The summed E-state index contributed by atoms with van der Waals surface area (Å²) < 4.78 is 4.89. The van der Waals surface area contributed by atoms with Crippen LogP contribution in [-0.2, 0) is 9.53 Å². The Morgan fingerprint density at radius 2 is 2.07 bits per heavy atom. The highest BCUT2D eigenvalue weighted by Gasteiger charge is 2.22. The molecule has 1 atom stereocenters. The van der Waals surface area contributed by atoms with Gasteiger partial charge in [-0.25, -0.2) is 0 Å². The van der Waals surface area contributed by atoms with Gasteiger partial charge in [-0.1, -0.05) is 13.8 Å². The van der Waals surface area contributed by atoms with Gasteiger partial charge in [-0.2, -0.15) is 0 Å². The Kier molecular flexibility index (Phi) is 7.29. The van der Waals surface area contributed by atoms with Gasteiger partial charge in [-0.05, 0) is 5.92 Å². The summed E-state index contributed by atoms with van der Waals surface area (Å²) in [6, 6.07) is -0.506. The molecule has 0 saturated heterocycles. The Hall–Kier alpha value is -0.650. The summed E-state index contributed by atoms with van der Waals surface area (Å²) in [5, 5.41) is 8.83. The number of carbonyl (C=O) groups is 1. The lowest BCUT2D eigenvalue weighted by molar-refractivity contribution is -0.134. The summed E-state index contributed by atoms with van der Waals surface area (Å²) >= 11 is 0. The van der Waals surface area contributed by atoms with Crippen LogP contribution in [0.5, 0.6) is 0 Å². The van der Waals surface area contributed by atoms with E-state index in [0.29, 0.717) is 19.7 Å². The van der Waals surface area contributed by atoms with Gasteiger partial charge in [-0.3, -0.25) is 4.79 Å². The number of hydrogen-bond acceptors (Lipinski definition) is 4. The highest BCUT2D eigenvalue weighted by molar-refractivity contribution is 5.81. The van der Waals surface area contributed by atoms with Crippen LogP contribution in [0.2, 0.25) is 0 Å². The second-order valence-corrected chi connectivity index (χ2v) is 3.81. The van der Waals surface area contributed by atoms with Crippen molar-refractivity contribution >= 4 is 5.91 Å². The van der Waals surface area contributed by atoms with E-state index in [2.05, 4.69) is 0 Å². The maximum atomic E-state index is 11.8. The van der Waals surface area contributed by atoms with Gasteiger partial charge in [0.05, 0.1) is 19.3 Å². The third-order valence-corrected chi connectivity index (χ3v) is 2.25. The quantitative estimate of drug-likeness (QED) is 0.600. The molecule has 0 aromatic rings. The smallest absolute Gasteiger partial charge is 0.239 e. The number of amides is 1. The van der Waals surface area contributed by atoms with Crippen molar-refractivity contribution in [2.75, 3.05) is 33.4 Å². The van der Waals surface area contributed by atoms with Gasteiger partial charge in [0, 0.05) is 20.2 Å². The summed E-state index contributed by atoms with van der Waals surface area (Å²) in [5.74, 6) is -0.0302. The molecule has 0 aliphatic carbocycles. The molecule has 15 heavy (non-hydrogen) atoms. The zero-order valence-corrected chi connectivity index (χ0v) is 9.77. The first kappa shape index (κ1) is 14.3. The summed E-state index contributed by atoms with van der Waals surface area (Å²) in [6.45, 7) is 4.97. The van der Waals surface area contributed by atoms with E-state index in [1.165, 1.54) is 4.90 Å². The normalized spacial score (nSPS) is 12.9. The number of nitrogens with two attached hydrogens (primary N) is 1. The van der Waals surface area contributed by atoms with Crippen LogP contribution in [0.4, 0.5) is 0 Å². The number of nitrogens with zero attached hydrogens (tertiary/aromatic N) is 1. The molecule has 0 aromatic heterocycles. The van der Waals surface area contributed by atoms with Crippen molar-refractivity contribution in [1.29, 1.82) is 0 Å². The fourth-order valence-electron chi connectivity index (χ4n) is 1.15. The number of methoxy groups -OCH3 is 1. The molecule has 0 spiro atoms. The Morgan fingerprint density at radius 3 is 2.47 bits per heavy atom. The van der Waals surface area contributed by atoms with Gasteiger partial charge < -0.3 is 20.5 Å². The number of ether oxygens (including phenoxy) is 1. The molecule has 5 nitrogen and oxygen atoms in total. The minimum absolute atomic E-state index is 0.0553. The van der Waals surface area contributed by atoms with Gasteiger partial charge in [0.2, 0.25) is 5.91 Å². The second kappa shape index (κ2) is 7.62. The van der Waals surface area contributed by atoms with Crippen LogP contribution in [0.1, 0.15) is 13.8 Å². The first-order chi connectivity index (χ1) is 7.04. The van der Waals surface area contributed by atoms with Crippen molar-refractivity contribution in [3.63, 3.8) is 0 Å². The van der Waals surface area contributed by atoms with E-state index in [1.54, 1.807) is 7.11 Å². The topological polar surface area (TPSA) is 75.8 Å². The predicted octanol–water partition coefficient (Wildman–Crippen LogP) is -0.563. The Bertz CT molecular complexity index is 186. The van der Waals surface area contributed by atoms with Crippen molar-refractivity contribution in [3.8, 4) is 0 Å². The van der Waals surface area contributed by atoms with Gasteiger partial charge in [0.1, 0.15) is 0 Å². The van der Waals surface area contributed by atoms with Gasteiger partial charge in [0.15, 0.2) is 0 Å². The molecule has 0 radical (unpaired) electrons. The lowest BCUT2D eigenvalue weighted by Crippen LogP contribution is -2.48. The summed E-state index contributed by atoms with van der Waals surface area (Å²) in [5.41, 5.74) is 5.75. The first-order valence-electron chi connectivity index (χ1n) is 5.18. The maximum absolute atomic E-state index is 11.8. The van der Waals surface area contributed by atoms with E-state index in [1.807, 2.05) is 13.8 Å². The molecule has 5 heteroatoms. The number of aliphatic hydroxyl groups excluding tert-OH is 1. The standard InChI is InChI=1S/C10H22N2O3/c1-8(2)9(11)10(14)12(4-6-13)5-7-15-3/h8-9,13H,4-7,11H2,1-3H3. The zero-order valence-electron chi connectivity index (χ0n) is 9.77. The fraction of sp³-hybridized carbons (Fsp3) is 0.900. The third kappa shape index (κ3) is 5.11. The van der Waals surface area contributed by atoms with E-state index < -0.39 is 6.04 Å². The second-order valence-electron chi connectivity index (χ2n) is 3.81. The molecule has 1 unspecified atom stereocenters. The highest BCUT2D eigenvalue weighted by atomic mass is 16.5. The molecule has 0 aliphatic heterocycles. The molecular formula is C10H22N2O3. The van der Waals surface area contributed by atoms with Crippen LogP contribution in [0.25, 0.3) is 0 Å². The van der Waals surface area contributed by atoms with Crippen molar-refractivity contribution < 1.29 is 14.6 Å². The monoisotopic (exact) mass is 218 g/mol. The lowest BCUT2D eigenvalue weighted by Gasteiger charge is -2.26. The zero-order chi connectivity index (χ0) is 11.8. The largest absolute Gasteiger partial charge is 0.395 e. The average Bonchev–Trinajstić information content (AvgIpc) is 2.22. The first-order valence-corrected chi connectivity index (χ1v) is 5.18. The predicted molar refractivity (Wildman–Crippen MR) is 58.4 cm³/mol. The Labute approximate surface area is 91.2 Å². The minimum atomic E-state index is -0.506. The molecule has 0 saturated carbocycles. The molecule has 1 amide bonds.